The van der Waals surface area contributed by atoms with Gasteiger partial charge in [0.25, 0.3) is 0 Å². The van der Waals surface area contributed by atoms with Crippen molar-refractivity contribution in [1.29, 1.82) is 0 Å². The fourth-order valence-corrected chi connectivity index (χ4v) is 7.71. The van der Waals surface area contributed by atoms with Crippen molar-refractivity contribution in [2.24, 2.45) is 0 Å². The van der Waals surface area contributed by atoms with Crippen molar-refractivity contribution in [3.8, 4) is 11.1 Å². The summed E-state index contributed by atoms with van der Waals surface area (Å²) in [6.45, 7) is 15.3. The minimum Gasteiger partial charge on any atom is -0.309 e. The maximum atomic E-state index is 16.3. The van der Waals surface area contributed by atoms with E-state index in [1.807, 2.05) is 26.0 Å². The summed E-state index contributed by atoms with van der Waals surface area (Å²) < 4.78 is 16.3. The molecule has 0 heterocycles. The molecule has 0 aliphatic heterocycles. The fourth-order valence-electron chi connectivity index (χ4n) is 7.71. The highest BCUT2D eigenvalue weighted by Gasteiger charge is 2.50. The van der Waals surface area contributed by atoms with Gasteiger partial charge < -0.3 is 4.90 Å². The summed E-state index contributed by atoms with van der Waals surface area (Å²) in [5.74, 6) is -0.226. The molecule has 1 nitrogen and oxygen atoms in total. The predicted molar refractivity (Wildman–Crippen MR) is 204 cm³/mol. The SMILES string of the molecule is C=C1C(CC)c2c(N(c3ccc(-c4ccccc4)cc3)c3cccc4ccccc34)cc(F)cc2C1(/C(C)=C/C)c1ccccc1.CC. The molecule has 0 saturated carbocycles. The molecule has 0 radical (unpaired) electrons. The molecule has 48 heavy (non-hydrogen) atoms. The highest BCUT2D eigenvalue weighted by Crippen LogP contribution is 2.61. The van der Waals surface area contributed by atoms with E-state index in [9.17, 15) is 0 Å². The quantitative estimate of drug-likeness (QED) is 0.159. The van der Waals surface area contributed by atoms with E-state index in [1.54, 1.807) is 12.1 Å². The topological polar surface area (TPSA) is 3.24 Å². The van der Waals surface area contributed by atoms with E-state index >= 15 is 4.39 Å². The molecule has 240 valence electrons. The first-order valence-electron chi connectivity index (χ1n) is 17.1. The molecule has 7 rings (SSSR count). The first kappa shape index (κ1) is 32.7. The van der Waals surface area contributed by atoms with E-state index in [4.69, 9.17) is 6.58 Å². The third-order valence-corrected chi connectivity index (χ3v) is 9.90. The standard InChI is InChI=1S/C44H38FN.C2H6/c1-5-30(3)44(35-20-11-8-12-21-35)31(4)38(6-2)43-40(44)28-36(45)29-42(43)46(41-23-15-19-34-18-13-14-22-39(34)41)37-26-24-33(25-27-37)32-16-9-7-10-17-32;1-2/h5,7-29,38H,4,6H2,1-3H3;1-2H3/b30-5+;. The van der Waals surface area contributed by atoms with E-state index in [-0.39, 0.29) is 11.7 Å². The van der Waals surface area contributed by atoms with Crippen molar-refractivity contribution in [1.82, 2.24) is 0 Å². The van der Waals surface area contributed by atoms with Gasteiger partial charge in [0.15, 0.2) is 0 Å². The Balaban J connectivity index is 0.00000197. The molecule has 6 aromatic rings. The molecular weight excluding hydrogens is 586 g/mol. The Bertz CT molecular complexity index is 2070. The van der Waals surface area contributed by atoms with Crippen LogP contribution in [0.25, 0.3) is 21.9 Å². The maximum absolute atomic E-state index is 16.3. The number of anilines is 3. The van der Waals surface area contributed by atoms with Crippen molar-refractivity contribution in [3.63, 3.8) is 0 Å². The van der Waals surface area contributed by atoms with Crippen LogP contribution in [0.3, 0.4) is 0 Å². The predicted octanol–water partition coefficient (Wildman–Crippen LogP) is 13.5. The number of rotatable bonds is 7. The van der Waals surface area contributed by atoms with Crippen LogP contribution >= 0.6 is 0 Å². The molecule has 0 fully saturated rings. The van der Waals surface area contributed by atoms with Gasteiger partial charge in [-0.2, -0.15) is 0 Å². The number of hydrogen-bond acceptors (Lipinski definition) is 1. The second-order valence-electron chi connectivity index (χ2n) is 12.2. The second-order valence-corrected chi connectivity index (χ2v) is 12.2. The van der Waals surface area contributed by atoms with Crippen LogP contribution in [0.2, 0.25) is 0 Å². The van der Waals surface area contributed by atoms with Crippen LogP contribution in [0.15, 0.2) is 163 Å². The molecule has 0 aromatic heterocycles. The van der Waals surface area contributed by atoms with Gasteiger partial charge in [0.1, 0.15) is 5.82 Å². The van der Waals surface area contributed by atoms with E-state index in [0.717, 1.165) is 73.2 Å². The van der Waals surface area contributed by atoms with Gasteiger partial charge in [0.2, 0.25) is 0 Å². The molecule has 0 spiro atoms. The lowest BCUT2D eigenvalue weighted by Gasteiger charge is -2.35. The van der Waals surface area contributed by atoms with E-state index in [0.29, 0.717) is 0 Å². The lowest BCUT2D eigenvalue weighted by Crippen LogP contribution is -2.29. The summed E-state index contributed by atoms with van der Waals surface area (Å²) in [5.41, 5.74) is 9.99. The minimum absolute atomic E-state index is 0.0294. The Kier molecular flexibility index (Phi) is 9.46. The molecule has 2 atom stereocenters. The lowest BCUT2D eigenvalue weighted by molar-refractivity contribution is 0.620. The first-order valence-corrected chi connectivity index (χ1v) is 17.1. The van der Waals surface area contributed by atoms with Crippen molar-refractivity contribution in [2.45, 2.75) is 52.4 Å². The first-order chi connectivity index (χ1) is 23.5. The van der Waals surface area contributed by atoms with Crippen LogP contribution in [0.1, 0.15) is 63.6 Å². The number of benzene rings is 6. The summed E-state index contributed by atoms with van der Waals surface area (Å²) in [7, 11) is 0. The molecule has 0 bridgehead atoms. The molecular formula is C46H44FN. The lowest BCUT2D eigenvalue weighted by atomic mass is 9.67. The molecule has 2 heteroatoms. The van der Waals surface area contributed by atoms with Crippen LogP contribution in [-0.2, 0) is 5.41 Å². The summed E-state index contributed by atoms with van der Waals surface area (Å²) in [6.07, 6.45) is 3.02. The van der Waals surface area contributed by atoms with Crippen molar-refractivity contribution in [2.75, 3.05) is 4.90 Å². The van der Waals surface area contributed by atoms with Crippen LogP contribution in [0.5, 0.6) is 0 Å². The van der Waals surface area contributed by atoms with Gasteiger partial charge in [-0.05, 0) is 83.8 Å². The fraction of sp³-hybridized carbons (Fsp3) is 0.174. The molecule has 2 unspecified atom stereocenters. The number of allylic oxidation sites excluding steroid dienone is 3. The highest BCUT2D eigenvalue weighted by atomic mass is 19.1. The third kappa shape index (κ3) is 5.36. The maximum Gasteiger partial charge on any atom is 0.125 e. The Morgan fingerprint density at radius 3 is 2.02 bits per heavy atom. The molecule has 0 N–H and O–H groups in total. The number of halogens is 1. The second kappa shape index (κ2) is 13.9. The third-order valence-electron chi connectivity index (χ3n) is 9.90. The molecule has 1 aliphatic carbocycles. The van der Waals surface area contributed by atoms with Gasteiger partial charge in [-0.15, -0.1) is 0 Å². The van der Waals surface area contributed by atoms with E-state index < -0.39 is 5.41 Å². The zero-order valence-corrected chi connectivity index (χ0v) is 28.7. The summed E-state index contributed by atoms with van der Waals surface area (Å²) in [4.78, 5) is 2.26. The highest BCUT2D eigenvalue weighted by molar-refractivity contribution is 6.00. The van der Waals surface area contributed by atoms with Crippen LogP contribution in [0.4, 0.5) is 21.5 Å². The number of fused-ring (bicyclic) bond motifs is 2. The Labute approximate surface area is 285 Å². The Hall–Kier alpha value is -5.21. The van der Waals surface area contributed by atoms with Gasteiger partial charge in [-0.25, -0.2) is 4.39 Å². The Morgan fingerprint density at radius 1 is 0.750 bits per heavy atom. The van der Waals surface area contributed by atoms with Crippen molar-refractivity contribution >= 4 is 27.8 Å². The van der Waals surface area contributed by atoms with Gasteiger partial charge in [-0.3, -0.25) is 0 Å². The van der Waals surface area contributed by atoms with Crippen LogP contribution in [-0.4, -0.2) is 0 Å². The summed E-state index contributed by atoms with van der Waals surface area (Å²) >= 11 is 0. The molecule has 0 amide bonds. The van der Waals surface area contributed by atoms with E-state index in [2.05, 4.69) is 147 Å². The summed E-state index contributed by atoms with van der Waals surface area (Å²) in [6, 6.07) is 47.9. The zero-order chi connectivity index (χ0) is 33.8. The van der Waals surface area contributed by atoms with Crippen LogP contribution in [0, 0.1) is 5.82 Å². The smallest absolute Gasteiger partial charge is 0.125 e. The average molecular weight is 630 g/mol. The van der Waals surface area contributed by atoms with E-state index in [1.165, 1.54) is 0 Å². The normalized spacial score (nSPS) is 17.1. The molecule has 0 saturated heterocycles. The van der Waals surface area contributed by atoms with Gasteiger partial charge >= 0.3 is 0 Å². The number of nitrogens with zero attached hydrogens (tertiary/aromatic N) is 1. The van der Waals surface area contributed by atoms with Gasteiger partial charge in [0, 0.05) is 17.0 Å². The summed E-state index contributed by atoms with van der Waals surface area (Å²) in [5, 5.41) is 2.25. The largest absolute Gasteiger partial charge is 0.309 e. The number of hydrogen-bond donors (Lipinski definition) is 0. The molecule has 6 aromatic carbocycles. The van der Waals surface area contributed by atoms with Crippen molar-refractivity contribution < 1.29 is 4.39 Å². The van der Waals surface area contributed by atoms with Crippen molar-refractivity contribution in [3.05, 3.63) is 186 Å². The monoisotopic (exact) mass is 629 g/mol. The molecule has 1 aliphatic rings. The average Bonchev–Trinajstić information content (AvgIpc) is 3.40. The zero-order valence-electron chi connectivity index (χ0n) is 28.7. The van der Waals surface area contributed by atoms with Gasteiger partial charge in [0.05, 0.1) is 16.8 Å². The van der Waals surface area contributed by atoms with Crippen LogP contribution < -0.4 is 4.90 Å². The Morgan fingerprint density at radius 2 is 1.35 bits per heavy atom. The minimum atomic E-state index is -0.634. The van der Waals surface area contributed by atoms with Gasteiger partial charge in [-0.1, -0.05) is 154 Å².